The van der Waals surface area contributed by atoms with Gasteiger partial charge in [0.2, 0.25) is 0 Å². The van der Waals surface area contributed by atoms with E-state index in [4.69, 9.17) is 14.0 Å². The summed E-state index contributed by atoms with van der Waals surface area (Å²) in [7, 11) is -0.349. The van der Waals surface area contributed by atoms with Crippen LogP contribution in [0.1, 0.15) is 78.4 Å². The van der Waals surface area contributed by atoms with Crippen LogP contribution in [0.5, 0.6) is 0 Å². The highest BCUT2D eigenvalue weighted by atomic mass is 16.7. The lowest BCUT2D eigenvalue weighted by molar-refractivity contribution is 0.00578. The van der Waals surface area contributed by atoms with Crippen LogP contribution in [0.4, 0.5) is 4.79 Å². The van der Waals surface area contributed by atoms with Crippen LogP contribution in [0.2, 0.25) is 0 Å². The van der Waals surface area contributed by atoms with Crippen molar-refractivity contribution in [3.05, 3.63) is 29.3 Å². The fraction of sp³-hybridized carbons (Fsp3) is 0.667. The van der Waals surface area contributed by atoms with Crippen molar-refractivity contribution in [1.29, 1.82) is 0 Å². The topological polar surface area (TPSA) is 56.8 Å². The Kier molecular flexibility index (Phi) is 5.11. The van der Waals surface area contributed by atoms with E-state index in [0.717, 1.165) is 11.0 Å². The van der Waals surface area contributed by atoms with Crippen molar-refractivity contribution in [3.8, 4) is 0 Å². The van der Waals surface area contributed by atoms with Crippen LogP contribution >= 0.6 is 0 Å². The summed E-state index contributed by atoms with van der Waals surface area (Å²) >= 11 is 0. The van der Waals surface area contributed by atoms with Crippen molar-refractivity contribution in [2.75, 3.05) is 0 Å². The molecule has 0 bridgehead atoms. The number of nitrogens with one attached hydrogen (secondary N) is 1. The van der Waals surface area contributed by atoms with Gasteiger partial charge in [0.1, 0.15) is 5.60 Å². The normalized spacial score (nSPS) is 21.2. The summed E-state index contributed by atoms with van der Waals surface area (Å²) in [6.07, 6.45) is 1.98. The Hall–Kier alpha value is -1.53. The highest BCUT2D eigenvalue weighted by molar-refractivity contribution is 6.62. The van der Waals surface area contributed by atoms with Gasteiger partial charge in [0.25, 0.3) is 0 Å². The zero-order valence-corrected chi connectivity index (χ0v) is 17.6. The molecule has 148 valence electrons. The molecular weight excluding hydrogens is 341 g/mol. The maximum Gasteiger partial charge on any atom is 0.495 e. The molecule has 5 nitrogen and oxygen atoms in total. The molecular formula is C21H32BNO4. The molecule has 1 aromatic rings. The van der Waals surface area contributed by atoms with E-state index in [2.05, 4.69) is 45.1 Å². The SMILES string of the molecule is CC(C)(C)OC(=O)NCc1ccc(B2OC(C)(C)C(C)(C)O2)c(C2CC2)c1. The van der Waals surface area contributed by atoms with Gasteiger partial charge in [-0.25, -0.2) is 4.79 Å². The van der Waals surface area contributed by atoms with E-state index in [9.17, 15) is 4.79 Å². The lowest BCUT2D eigenvalue weighted by atomic mass is 9.74. The molecule has 1 aliphatic heterocycles. The first-order chi connectivity index (χ1) is 12.4. The molecule has 1 saturated heterocycles. The molecule has 1 aromatic carbocycles. The van der Waals surface area contributed by atoms with Crippen LogP contribution in [0, 0.1) is 0 Å². The van der Waals surface area contributed by atoms with E-state index in [1.807, 2.05) is 26.8 Å². The van der Waals surface area contributed by atoms with Crippen LogP contribution in [0.15, 0.2) is 18.2 Å². The lowest BCUT2D eigenvalue weighted by Crippen LogP contribution is -2.41. The van der Waals surface area contributed by atoms with Crippen molar-refractivity contribution < 1.29 is 18.8 Å². The summed E-state index contributed by atoms with van der Waals surface area (Å²) in [5.41, 5.74) is 2.24. The molecule has 0 aromatic heterocycles. The summed E-state index contributed by atoms with van der Waals surface area (Å²) < 4.78 is 17.8. The maximum atomic E-state index is 11.9. The predicted octanol–water partition coefficient (Wildman–Crippen LogP) is 3.89. The second-order valence-electron chi connectivity index (χ2n) is 9.68. The second-order valence-corrected chi connectivity index (χ2v) is 9.68. The number of rotatable bonds is 4. The first-order valence-corrected chi connectivity index (χ1v) is 9.83. The molecule has 0 atom stereocenters. The molecule has 27 heavy (non-hydrogen) atoms. The van der Waals surface area contributed by atoms with Gasteiger partial charge in [0.05, 0.1) is 11.2 Å². The maximum absolute atomic E-state index is 11.9. The van der Waals surface area contributed by atoms with Crippen LogP contribution in [-0.2, 0) is 20.6 Å². The number of amides is 1. The third-order valence-electron chi connectivity index (χ3n) is 5.51. The van der Waals surface area contributed by atoms with Gasteiger partial charge in [0.15, 0.2) is 0 Å². The number of alkyl carbamates (subject to hydrolysis) is 1. The molecule has 1 aliphatic carbocycles. The van der Waals surface area contributed by atoms with Gasteiger partial charge in [-0.3, -0.25) is 0 Å². The Labute approximate surface area is 163 Å². The molecule has 0 spiro atoms. The number of hydrogen-bond donors (Lipinski definition) is 1. The Balaban J connectivity index is 1.74. The molecule has 1 saturated carbocycles. The first-order valence-electron chi connectivity index (χ1n) is 9.83. The van der Waals surface area contributed by atoms with Crippen molar-refractivity contribution in [2.45, 2.75) is 90.6 Å². The fourth-order valence-corrected chi connectivity index (χ4v) is 3.16. The summed E-state index contributed by atoms with van der Waals surface area (Å²) in [5.74, 6) is 0.556. The van der Waals surface area contributed by atoms with E-state index in [1.54, 1.807) is 0 Å². The highest BCUT2D eigenvalue weighted by Gasteiger charge is 2.52. The number of carbonyl (C=O) groups excluding carboxylic acids is 1. The predicted molar refractivity (Wildman–Crippen MR) is 107 cm³/mol. The first kappa shape index (κ1) is 20.2. The monoisotopic (exact) mass is 373 g/mol. The molecule has 6 heteroatoms. The Bertz CT molecular complexity index is 703. The average molecular weight is 373 g/mol. The van der Waals surface area contributed by atoms with Gasteiger partial charge in [-0.2, -0.15) is 0 Å². The van der Waals surface area contributed by atoms with E-state index in [0.29, 0.717) is 12.5 Å². The Morgan fingerprint density at radius 2 is 1.78 bits per heavy atom. The highest BCUT2D eigenvalue weighted by Crippen LogP contribution is 2.42. The molecule has 1 heterocycles. The summed E-state index contributed by atoms with van der Waals surface area (Å²) in [6.45, 7) is 14.3. The standard InChI is InChI=1S/C21H32BNO4/c1-19(2,3)25-18(24)23-13-14-8-11-17(16(12-14)15-9-10-15)22-26-20(4,5)21(6,7)27-22/h8,11-12,15H,9-10,13H2,1-7H3,(H,23,24). The number of carbonyl (C=O) groups is 1. The minimum Gasteiger partial charge on any atom is -0.444 e. The van der Waals surface area contributed by atoms with Gasteiger partial charge in [-0.1, -0.05) is 18.2 Å². The largest absolute Gasteiger partial charge is 0.495 e. The van der Waals surface area contributed by atoms with E-state index >= 15 is 0 Å². The van der Waals surface area contributed by atoms with Crippen molar-refractivity contribution >= 4 is 18.7 Å². The minimum absolute atomic E-state index is 0.349. The van der Waals surface area contributed by atoms with Crippen LogP contribution in [0.3, 0.4) is 0 Å². The second kappa shape index (κ2) is 6.82. The number of benzene rings is 1. The van der Waals surface area contributed by atoms with Gasteiger partial charge >= 0.3 is 13.2 Å². The lowest BCUT2D eigenvalue weighted by Gasteiger charge is -2.32. The summed E-state index contributed by atoms with van der Waals surface area (Å²) in [5, 5.41) is 2.83. The zero-order chi connectivity index (χ0) is 20.0. The molecule has 0 radical (unpaired) electrons. The van der Waals surface area contributed by atoms with Crippen molar-refractivity contribution in [3.63, 3.8) is 0 Å². The molecule has 1 amide bonds. The summed E-state index contributed by atoms with van der Waals surface area (Å²) in [4.78, 5) is 11.9. The third kappa shape index (κ3) is 4.67. The van der Waals surface area contributed by atoms with Crippen LogP contribution in [-0.4, -0.2) is 30.0 Å². The van der Waals surface area contributed by atoms with Crippen LogP contribution < -0.4 is 10.8 Å². The van der Waals surface area contributed by atoms with E-state index < -0.39 is 11.7 Å². The fourth-order valence-electron chi connectivity index (χ4n) is 3.16. The molecule has 2 aliphatic rings. The van der Waals surface area contributed by atoms with Crippen LogP contribution in [0.25, 0.3) is 0 Å². The number of hydrogen-bond acceptors (Lipinski definition) is 4. The van der Waals surface area contributed by atoms with Crippen molar-refractivity contribution in [2.24, 2.45) is 0 Å². The van der Waals surface area contributed by atoms with Crippen molar-refractivity contribution in [1.82, 2.24) is 5.32 Å². The van der Waals surface area contributed by atoms with E-state index in [-0.39, 0.29) is 18.3 Å². The molecule has 0 unspecified atom stereocenters. The molecule has 3 rings (SSSR count). The Morgan fingerprint density at radius 3 is 2.30 bits per heavy atom. The minimum atomic E-state index is -0.496. The van der Waals surface area contributed by atoms with Gasteiger partial charge in [0, 0.05) is 6.54 Å². The summed E-state index contributed by atoms with van der Waals surface area (Å²) in [6, 6.07) is 6.29. The number of ether oxygens (including phenoxy) is 1. The third-order valence-corrected chi connectivity index (χ3v) is 5.51. The molecule has 1 N–H and O–H groups in total. The zero-order valence-electron chi connectivity index (χ0n) is 17.6. The Morgan fingerprint density at radius 1 is 1.19 bits per heavy atom. The van der Waals surface area contributed by atoms with Gasteiger partial charge < -0.3 is 19.4 Å². The van der Waals surface area contributed by atoms with Gasteiger partial charge in [-0.15, -0.1) is 0 Å². The van der Waals surface area contributed by atoms with E-state index in [1.165, 1.54) is 18.4 Å². The average Bonchev–Trinajstić information content (AvgIpc) is 3.31. The quantitative estimate of drug-likeness (QED) is 0.814. The smallest absolute Gasteiger partial charge is 0.444 e. The van der Waals surface area contributed by atoms with Gasteiger partial charge in [-0.05, 0) is 83.8 Å². The molecule has 2 fully saturated rings.